The average Bonchev–Trinajstić information content (AvgIpc) is 2.74. The molecule has 1 aliphatic heterocycles. The van der Waals surface area contributed by atoms with Crippen molar-refractivity contribution in [2.75, 3.05) is 18.5 Å². The SMILES string of the molecule is CC(C)c1cc(Nc2cccc(Cl)c2OC(F)(F)F)ncc1C(=O)NCC1CCCCO1. The Morgan fingerprint density at radius 3 is 2.78 bits per heavy atom. The molecule has 2 aromatic rings. The van der Waals surface area contributed by atoms with Crippen molar-refractivity contribution in [3.05, 3.63) is 46.6 Å². The molecule has 1 aliphatic rings. The number of amides is 1. The summed E-state index contributed by atoms with van der Waals surface area (Å²) < 4.78 is 48.1. The fourth-order valence-electron chi connectivity index (χ4n) is 3.44. The van der Waals surface area contributed by atoms with Gasteiger partial charge in [0.25, 0.3) is 5.91 Å². The van der Waals surface area contributed by atoms with Crippen LogP contribution >= 0.6 is 11.6 Å². The van der Waals surface area contributed by atoms with Gasteiger partial charge in [-0.1, -0.05) is 31.5 Å². The smallest absolute Gasteiger partial charge is 0.402 e. The molecule has 2 heterocycles. The van der Waals surface area contributed by atoms with E-state index in [4.69, 9.17) is 16.3 Å². The van der Waals surface area contributed by atoms with Gasteiger partial charge in [-0.25, -0.2) is 4.98 Å². The minimum atomic E-state index is -4.90. The van der Waals surface area contributed by atoms with Crippen LogP contribution < -0.4 is 15.4 Å². The van der Waals surface area contributed by atoms with E-state index in [1.54, 1.807) is 6.07 Å². The summed E-state index contributed by atoms with van der Waals surface area (Å²) in [5.41, 5.74) is 1.10. The van der Waals surface area contributed by atoms with Gasteiger partial charge in [-0.3, -0.25) is 4.79 Å². The molecule has 3 rings (SSSR count). The predicted molar refractivity (Wildman–Crippen MR) is 116 cm³/mol. The molecule has 1 atom stereocenters. The van der Waals surface area contributed by atoms with E-state index in [9.17, 15) is 18.0 Å². The number of hydrogen-bond acceptors (Lipinski definition) is 5. The highest BCUT2D eigenvalue weighted by Gasteiger charge is 2.33. The van der Waals surface area contributed by atoms with Crippen LogP contribution in [0.5, 0.6) is 5.75 Å². The number of anilines is 2. The number of alkyl halides is 3. The van der Waals surface area contributed by atoms with Crippen molar-refractivity contribution in [3.63, 3.8) is 0 Å². The number of carbonyl (C=O) groups excluding carboxylic acids is 1. The summed E-state index contributed by atoms with van der Waals surface area (Å²) in [5.74, 6) is -0.597. The van der Waals surface area contributed by atoms with Gasteiger partial charge >= 0.3 is 6.36 Å². The Morgan fingerprint density at radius 1 is 1.34 bits per heavy atom. The predicted octanol–water partition coefficient (Wildman–Crippen LogP) is 5.80. The Kier molecular flexibility index (Phi) is 7.84. The minimum Gasteiger partial charge on any atom is -0.402 e. The first-order valence-corrected chi connectivity index (χ1v) is 10.7. The second-order valence-corrected chi connectivity index (χ2v) is 8.21. The zero-order chi connectivity index (χ0) is 23.3. The van der Waals surface area contributed by atoms with E-state index in [2.05, 4.69) is 20.4 Å². The van der Waals surface area contributed by atoms with E-state index in [1.807, 2.05) is 13.8 Å². The van der Waals surface area contributed by atoms with E-state index in [0.29, 0.717) is 24.3 Å². The molecule has 0 bridgehead atoms. The Labute approximate surface area is 189 Å². The van der Waals surface area contributed by atoms with Gasteiger partial charge in [-0.2, -0.15) is 0 Å². The van der Waals surface area contributed by atoms with Crippen molar-refractivity contribution in [1.29, 1.82) is 0 Å². The van der Waals surface area contributed by atoms with Crippen LogP contribution in [0.25, 0.3) is 0 Å². The van der Waals surface area contributed by atoms with Crippen LogP contribution in [0.15, 0.2) is 30.5 Å². The summed E-state index contributed by atoms with van der Waals surface area (Å²) in [6, 6.07) is 5.82. The molecular weight excluding hydrogens is 447 g/mol. The van der Waals surface area contributed by atoms with Gasteiger partial charge < -0.3 is 20.1 Å². The molecule has 1 aromatic carbocycles. The fourth-order valence-corrected chi connectivity index (χ4v) is 3.65. The first kappa shape index (κ1) is 24.1. The summed E-state index contributed by atoms with van der Waals surface area (Å²) in [4.78, 5) is 17.0. The number of hydrogen-bond donors (Lipinski definition) is 2. The largest absolute Gasteiger partial charge is 0.573 e. The standard InChI is InChI=1S/C22H25ClF3N3O3/c1-13(2)15-10-19(29-18-8-5-7-17(23)20(18)32-22(24,25)26)27-12-16(15)21(30)28-11-14-6-3-4-9-31-14/h5,7-8,10,12-14H,3-4,6,9,11H2,1-2H3,(H,27,29)(H,28,30). The number of nitrogens with zero attached hydrogens (tertiary/aromatic N) is 1. The Balaban J connectivity index is 1.79. The summed E-state index contributed by atoms with van der Waals surface area (Å²) in [6.07, 6.45) is -0.489. The monoisotopic (exact) mass is 471 g/mol. The number of halogens is 4. The van der Waals surface area contributed by atoms with Crippen LogP contribution in [0.2, 0.25) is 5.02 Å². The molecule has 1 saturated heterocycles. The van der Waals surface area contributed by atoms with Crippen molar-refractivity contribution >= 4 is 29.0 Å². The molecule has 32 heavy (non-hydrogen) atoms. The second-order valence-electron chi connectivity index (χ2n) is 7.80. The van der Waals surface area contributed by atoms with E-state index in [1.165, 1.54) is 24.4 Å². The highest BCUT2D eigenvalue weighted by atomic mass is 35.5. The van der Waals surface area contributed by atoms with E-state index < -0.39 is 12.1 Å². The Morgan fingerprint density at radius 2 is 2.12 bits per heavy atom. The molecule has 1 amide bonds. The summed E-state index contributed by atoms with van der Waals surface area (Å²) in [5, 5.41) is 5.50. The summed E-state index contributed by atoms with van der Waals surface area (Å²) >= 11 is 5.90. The number of carbonyl (C=O) groups is 1. The quantitative estimate of drug-likeness (QED) is 0.534. The molecule has 2 N–H and O–H groups in total. The number of rotatable bonds is 7. The number of para-hydroxylation sites is 1. The molecule has 0 saturated carbocycles. The number of benzene rings is 1. The third-order valence-electron chi connectivity index (χ3n) is 5.01. The Hall–Kier alpha value is -2.52. The molecule has 0 spiro atoms. The highest BCUT2D eigenvalue weighted by molar-refractivity contribution is 6.32. The summed E-state index contributed by atoms with van der Waals surface area (Å²) in [6.45, 7) is 4.94. The van der Waals surface area contributed by atoms with Crippen molar-refractivity contribution in [1.82, 2.24) is 10.3 Å². The molecule has 10 heteroatoms. The number of ether oxygens (including phenoxy) is 2. The maximum absolute atomic E-state index is 12.8. The van der Waals surface area contributed by atoms with E-state index >= 15 is 0 Å². The number of pyridine rings is 1. The lowest BCUT2D eigenvalue weighted by molar-refractivity contribution is -0.274. The third kappa shape index (κ3) is 6.49. The normalized spacial score (nSPS) is 16.7. The zero-order valence-electron chi connectivity index (χ0n) is 17.8. The van der Waals surface area contributed by atoms with Crippen molar-refractivity contribution < 1.29 is 27.4 Å². The van der Waals surface area contributed by atoms with Crippen LogP contribution in [0.4, 0.5) is 24.7 Å². The molecule has 1 aromatic heterocycles. The van der Waals surface area contributed by atoms with Gasteiger partial charge in [0.1, 0.15) is 5.82 Å². The zero-order valence-corrected chi connectivity index (χ0v) is 18.5. The molecule has 6 nitrogen and oxygen atoms in total. The first-order valence-electron chi connectivity index (χ1n) is 10.3. The van der Waals surface area contributed by atoms with Crippen molar-refractivity contribution in [3.8, 4) is 5.75 Å². The highest BCUT2D eigenvalue weighted by Crippen LogP contribution is 2.38. The number of nitrogens with one attached hydrogen (secondary N) is 2. The number of aromatic nitrogens is 1. The molecule has 1 fully saturated rings. The molecule has 1 unspecified atom stereocenters. The van der Waals surface area contributed by atoms with Crippen LogP contribution in [0, 0.1) is 0 Å². The van der Waals surface area contributed by atoms with E-state index in [-0.39, 0.29) is 34.5 Å². The molecule has 0 radical (unpaired) electrons. The van der Waals surface area contributed by atoms with Gasteiger partial charge in [0, 0.05) is 19.3 Å². The first-order chi connectivity index (χ1) is 15.1. The topological polar surface area (TPSA) is 72.5 Å². The second kappa shape index (κ2) is 10.4. The lowest BCUT2D eigenvalue weighted by atomic mass is 9.98. The molecule has 0 aliphatic carbocycles. The van der Waals surface area contributed by atoms with Gasteiger partial charge in [-0.05, 0) is 48.9 Å². The van der Waals surface area contributed by atoms with Crippen LogP contribution in [0.3, 0.4) is 0 Å². The van der Waals surface area contributed by atoms with Gasteiger partial charge in [0.05, 0.1) is 22.4 Å². The minimum absolute atomic E-state index is 0.000943. The van der Waals surface area contributed by atoms with Gasteiger partial charge in [-0.15, -0.1) is 13.2 Å². The molecule has 174 valence electrons. The van der Waals surface area contributed by atoms with Gasteiger partial charge in [0.15, 0.2) is 5.75 Å². The van der Waals surface area contributed by atoms with Crippen molar-refractivity contribution in [2.45, 2.75) is 51.5 Å². The van der Waals surface area contributed by atoms with Crippen molar-refractivity contribution in [2.24, 2.45) is 0 Å². The third-order valence-corrected chi connectivity index (χ3v) is 5.31. The lowest BCUT2D eigenvalue weighted by Gasteiger charge is -2.23. The maximum Gasteiger partial charge on any atom is 0.573 e. The summed E-state index contributed by atoms with van der Waals surface area (Å²) in [7, 11) is 0. The average molecular weight is 472 g/mol. The molecular formula is C22H25ClF3N3O3. The van der Waals surface area contributed by atoms with E-state index in [0.717, 1.165) is 19.3 Å². The lowest BCUT2D eigenvalue weighted by Crippen LogP contribution is -2.36. The maximum atomic E-state index is 12.8. The van der Waals surface area contributed by atoms with Gasteiger partial charge in [0.2, 0.25) is 0 Å². The Bertz CT molecular complexity index is 948. The van der Waals surface area contributed by atoms with Crippen LogP contribution in [0.1, 0.15) is 54.9 Å². The van der Waals surface area contributed by atoms with Crippen LogP contribution in [-0.4, -0.2) is 36.5 Å². The van der Waals surface area contributed by atoms with Crippen LogP contribution in [-0.2, 0) is 4.74 Å². The fraction of sp³-hybridized carbons (Fsp3) is 0.455.